The molecule has 0 fully saturated rings. The second-order valence-corrected chi connectivity index (χ2v) is 8.73. The van der Waals surface area contributed by atoms with Crippen molar-refractivity contribution >= 4 is 33.3 Å². The van der Waals surface area contributed by atoms with Gasteiger partial charge in [0.25, 0.3) is 5.56 Å². The summed E-state index contributed by atoms with van der Waals surface area (Å²) in [6.45, 7) is 8.47. The van der Waals surface area contributed by atoms with Crippen molar-refractivity contribution in [3.63, 3.8) is 0 Å². The highest BCUT2D eigenvalue weighted by Gasteiger charge is 2.18. The van der Waals surface area contributed by atoms with Crippen LogP contribution in [0.2, 0.25) is 0 Å². The van der Waals surface area contributed by atoms with Crippen molar-refractivity contribution in [3.05, 3.63) is 50.6 Å². The Balaban J connectivity index is 1.79. The van der Waals surface area contributed by atoms with Crippen molar-refractivity contribution in [2.45, 2.75) is 38.9 Å². The average molecular weight is 400 g/mol. The molecule has 3 rings (SSSR count). The minimum Gasteiger partial charge on any atom is -0.493 e. The highest BCUT2D eigenvalue weighted by molar-refractivity contribution is 7.99. The van der Waals surface area contributed by atoms with Crippen LogP contribution in [-0.2, 0) is 0 Å². The molecule has 7 heteroatoms. The van der Waals surface area contributed by atoms with E-state index in [0.29, 0.717) is 23.7 Å². The minimum absolute atomic E-state index is 0.0296. The standard InChI is InChI=1S/C20H21N3O2S2/c1-12(2)23-19(24)17-13(3)14(4)27-18(17)22-20(23)26-9-8-25-16-7-5-6-15(10-16)11-21/h5-7,10,12H,8-9H2,1-4H3. The summed E-state index contributed by atoms with van der Waals surface area (Å²) in [6, 6.07) is 9.23. The zero-order chi connectivity index (χ0) is 19.6. The van der Waals surface area contributed by atoms with Gasteiger partial charge in [-0.25, -0.2) is 4.98 Å². The second kappa shape index (κ2) is 8.15. The Morgan fingerprint density at radius 2 is 2.15 bits per heavy atom. The zero-order valence-electron chi connectivity index (χ0n) is 15.8. The summed E-state index contributed by atoms with van der Waals surface area (Å²) in [7, 11) is 0. The van der Waals surface area contributed by atoms with E-state index < -0.39 is 0 Å². The molecule has 0 spiro atoms. The highest BCUT2D eigenvalue weighted by atomic mass is 32.2. The van der Waals surface area contributed by atoms with Gasteiger partial charge < -0.3 is 4.74 Å². The average Bonchev–Trinajstić information content (AvgIpc) is 2.92. The molecule has 2 aromatic heterocycles. The van der Waals surface area contributed by atoms with Crippen molar-refractivity contribution in [2.75, 3.05) is 12.4 Å². The van der Waals surface area contributed by atoms with Gasteiger partial charge in [-0.05, 0) is 51.5 Å². The normalized spacial score (nSPS) is 11.1. The van der Waals surface area contributed by atoms with Crippen LogP contribution in [-0.4, -0.2) is 21.9 Å². The molecule has 0 saturated carbocycles. The van der Waals surface area contributed by atoms with Crippen LogP contribution in [0.1, 0.15) is 35.9 Å². The van der Waals surface area contributed by atoms with E-state index in [2.05, 4.69) is 6.07 Å². The Hall–Kier alpha value is -2.30. The lowest BCUT2D eigenvalue weighted by Crippen LogP contribution is -2.25. The number of thiophene rings is 1. The summed E-state index contributed by atoms with van der Waals surface area (Å²) >= 11 is 3.09. The van der Waals surface area contributed by atoms with Crippen LogP contribution in [0.15, 0.2) is 34.2 Å². The lowest BCUT2D eigenvalue weighted by molar-refractivity contribution is 0.343. The molecule has 0 atom stereocenters. The van der Waals surface area contributed by atoms with E-state index >= 15 is 0 Å². The molecule has 0 aliphatic rings. The summed E-state index contributed by atoms with van der Waals surface area (Å²) in [5.74, 6) is 1.33. The Kier molecular flexibility index (Phi) is 5.88. The molecule has 0 N–H and O–H groups in total. The van der Waals surface area contributed by atoms with E-state index in [1.165, 1.54) is 11.8 Å². The van der Waals surface area contributed by atoms with Crippen LogP contribution in [0, 0.1) is 25.2 Å². The van der Waals surface area contributed by atoms with E-state index in [-0.39, 0.29) is 11.6 Å². The largest absolute Gasteiger partial charge is 0.493 e. The first-order chi connectivity index (χ1) is 12.9. The van der Waals surface area contributed by atoms with E-state index in [9.17, 15) is 4.79 Å². The van der Waals surface area contributed by atoms with Crippen molar-refractivity contribution in [3.8, 4) is 11.8 Å². The molecule has 3 aromatic rings. The van der Waals surface area contributed by atoms with Gasteiger partial charge in [-0.3, -0.25) is 9.36 Å². The van der Waals surface area contributed by atoms with Crippen LogP contribution in [0.5, 0.6) is 5.75 Å². The van der Waals surface area contributed by atoms with Gasteiger partial charge in [0.2, 0.25) is 0 Å². The van der Waals surface area contributed by atoms with Crippen LogP contribution >= 0.6 is 23.1 Å². The summed E-state index contributed by atoms with van der Waals surface area (Å²) in [5.41, 5.74) is 1.63. The number of nitrogens with zero attached hydrogens (tertiary/aromatic N) is 3. The number of hydrogen-bond donors (Lipinski definition) is 0. The number of aromatic nitrogens is 2. The molecule has 2 heterocycles. The first-order valence-electron chi connectivity index (χ1n) is 8.70. The third-order valence-electron chi connectivity index (χ3n) is 4.27. The maximum absolute atomic E-state index is 13.0. The summed E-state index contributed by atoms with van der Waals surface area (Å²) < 4.78 is 7.49. The number of nitriles is 1. The fraction of sp³-hybridized carbons (Fsp3) is 0.350. The predicted octanol–water partition coefficient (Wildman–Crippen LogP) is 4.70. The quantitative estimate of drug-likeness (QED) is 0.341. The Bertz CT molecular complexity index is 1080. The molecular weight excluding hydrogens is 378 g/mol. The van der Waals surface area contributed by atoms with Crippen LogP contribution in [0.4, 0.5) is 0 Å². The van der Waals surface area contributed by atoms with Crippen LogP contribution in [0.25, 0.3) is 10.2 Å². The van der Waals surface area contributed by atoms with Crippen molar-refractivity contribution in [1.29, 1.82) is 5.26 Å². The van der Waals surface area contributed by atoms with Gasteiger partial charge in [0.1, 0.15) is 10.6 Å². The Labute approximate surface area is 166 Å². The summed E-state index contributed by atoms with van der Waals surface area (Å²) in [4.78, 5) is 19.7. The first-order valence-corrected chi connectivity index (χ1v) is 10.5. The molecule has 140 valence electrons. The fourth-order valence-corrected chi connectivity index (χ4v) is 4.81. The van der Waals surface area contributed by atoms with E-state index in [0.717, 1.165) is 25.8 Å². The fourth-order valence-electron chi connectivity index (χ4n) is 2.79. The summed E-state index contributed by atoms with van der Waals surface area (Å²) in [6.07, 6.45) is 0. The van der Waals surface area contributed by atoms with Gasteiger partial charge in [0.15, 0.2) is 5.16 Å². The topological polar surface area (TPSA) is 67.9 Å². The van der Waals surface area contributed by atoms with Gasteiger partial charge in [0.05, 0.1) is 23.6 Å². The predicted molar refractivity (Wildman–Crippen MR) is 111 cm³/mol. The van der Waals surface area contributed by atoms with Gasteiger partial charge in [-0.2, -0.15) is 5.26 Å². The monoisotopic (exact) mass is 399 g/mol. The molecule has 0 aliphatic carbocycles. The van der Waals surface area contributed by atoms with Crippen LogP contribution in [0.3, 0.4) is 0 Å². The molecule has 1 aromatic carbocycles. The van der Waals surface area contributed by atoms with Gasteiger partial charge in [-0.1, -0.05) is 17.8 Å². The molecule has 0 aliphatic heterocycles. The number of aryl methyl sites for hydroxylation is 2. The lowest BCUT2D eigenvalue weighted by Gasteiger charge is -2.15. The maximum atomic E-state index is 13.0. The van der Waals surface area contributed by atoms with Crippen LogP contribution < -0.4 is 10.3 Å². The second-order valence-electron chi connectivity index (χ2n) is 6.46. The Morgan fingerprint density at radius 3 is 2.85 bits per heavy atom. The van der Waals surface area contributed by atoms with Gasteiger partial charge in [0, 0.05) is 16.7 Å². The smallest absolute Gasteiger partial charge is 0.263 e. The number of benzene rings is 1. The SMILES string of the molecule is Cc1sc2nc(SCCOc3cccc(C#N)c3)n(C(C)C)c(=O)c2c1C. The highest BCUT2D eigenvalue weighted by Crippen LogP contribution is 2.29. The molecule has 0 bridgehead atoms. The van der Waals surface area contributed by atoms with E-state index in [1.54, 1.807) is 34.1 Å². The van der Waals surface area contributed by atoms with E-state index in [4.69, 9.17) is 15.0 Å². The zero-order valence-corrected chi connectivity index (χ0v) is 17.4. The maximum Gasteiger partial charge on any atom is 0.263 e. The summed E-state index contributed by atoms with van der Waals surface area (Å²) in [5, 5.41) is 10.4. The molecule has 0 amide bonds. The van der Waals surface area contributed by atoms with Crippen molar-refractivity contribution < 1.29 is 4.74 Å². The molecule has 27 heavy (non-hydrogen) atoms. The first kappa shape index (κ1) is 19.5. The van der Waals surface area contributed by atoms with Crippen molar-refractivity contribution in [2.24, 2.45) is 0 Å². The number of thioether (sulfide) groups is 1. The van der Waals surface area contributed by atoms with E-state index in [1.807, 2.05) is 33.8 Å². The van der Waals surface area contributed by atoms with Gasteiger partial charge in [-0.15, -0.1) is 11.3 Å². The molecule has 0 radical (unpaired) electrons. The minimum atomic E-state index is 0.0296. The molecule has 5 nitrogen and oxygen atoms in total. The number of fused-ring (bicyclic) bond motifs is 1. The molecule has 0 saturated heterocycles. The van der Waals surface area contributed by atoms with Gasteiger partial charge >= 0.3 is 0 Å². The molecular formula is C20H21N3O2S2. The number of ether oxygens (including phenoxy) is 1. The molecule has 0 unspecified atom stereocenters. The third-order valence-corrected chi connectivity index (χ3v) is 6.28. The van der Waals surface area contributed by atoms with Crippen molar-refractivity contribution in [1.82, 2.24) is 9.55 Å². The Morgan fingerprint density at radius 1 is 1.37 bits per heavy atom. The number of rotatable bonds is 6. The number of hydrogen-bond acceptors (Lipinski definition) is 6. The lowest BCUT2D eigenvalue weighted by atomic mass is 10.2. The third kappa shape index (κ3) is 4.02.